The van der Waals surface area contributed by atoms with Crippen molar-refractivity contribution in [2.45, 2.75) is 44.6 Å². The summed E-state index contributed by atoms with van der Waals surface area (Å²) in [5.41, 5.74) is 0. The molecule has 0 N–H and O–H groups in total. The van der Waals surface area contributed by atoms with E-state index >= 15 is 0 Å². The first-order valence-electron chi connectivity index (χ1n) is 6.11. The van der Waals surface area contributed by atoms with Crippen LogP contribution in [0.2, 0.25) is 5.15 Å². The molecule has 1 aromatic heterocycles. The molecule has 1 aliphatic heterocycles. The fourth-order valence-electron chi connectivity index (χ4n) is 3.23. The van der Waals surface area contributed by atoms with Crippen LogP contribution in [0.1, 0.15) is 38.5 Å². The Hall–Kier alpha value is -0.350. The van der Waals surface area contributed by atoms with Gasteiger partial charge in [-0.15, -0.1) is 0 Å². The number of nitrogens with zero attached hydrogens (tertiary/aromatic N) is 3. The van der Waals surface area contributed by atoms with Crippen LogP contribution in [-0.2, 0) is 0 Å². The first-order chi connectivity index (χ1) is 7.86. The van der Waals surface area contributed by atoms with Crippen LogP contribution in [0, 0.1) is 5.92 Å². The molecule has 1 aliphatic carbocycles. The lowest BCUT2D eigenvalue weighted by Crippen LogP contribution is -2.35. The molecular weight excluding hydrogens is 242 g/mol. The predicted octanol–water partition coefficient (Wildman–Crippen LogP) is 3.35. The third-order valence-corrected chi connectivity index (χ3v) is 4.82. The Bertz CT molecular complexity index is 362. The molecule has 1 atom stereocenters. The van der Waals surface area contributed by atoms with Gasteiger partial charge in [-0.05, 0) is 31.6 Å². The Morgan fingerprint density at radius 3 is 2.62 bits per heavy atom. The highest BCUT2D eigenvalue weighted by molar-refractivity contribution is 6.99. The third kappa shape index (κ3) is 1.82. The largest absolute Gasteiger partial charge is 0.350 e. The van der Waals surface area contributed by atoms with Crippen molar-refractivity contribution in [3.8, 4) is 0 Å². The molecule has 3 rings (SSSR count). The normalized spacial score (nSPS) is 26.8. The zero-order chi connectivity index (χ0) is 11.0. The highest BCUT2D eigenvalue weighted by Gasteiger charge is 2.35. The van der Waals surface area contributed by atoms with E-state index in [1.165, 1.54) is 50.3 Å². The molecule has 1 unspecified atom stereocenters. The zero-order valence-electron chi connectivity index (χ0n) is 9.23. The quantitative estimate of drug-likeness (QED) is 0.814. The van der Waals surface area contributed by atoms with Crippen molar-refractivity contribution < 1.29 is 0 Å². The molecule has 1 aromatic rings. The summed E-state index contributed by atoms with van der Waals surface area (Å²) in [6, 6.07) is 0.670. The molecule has 2 fully saturated rings. The van der Waals surface area contributed by atoms with Gasteiger partial charge in [0.2, 0.25) is 0 Å². The maximum Gasteiger partial charge on any atom is 0.187 e. The van der Waals surface area contributed by atoms with Crippen molar-refractivity contribution in [2.75, 3.05) is 11.4 Å². The third-order valence-electron chi connectivity index (χ3n) is 3.95. The summed E-state index contributed by atoms with van der Waals surface area (Å²) in [7, 11) is 0. The molecule has 1 saturated carbocycles. The number of anilines is 1. The fraction of sp³-hybridized carbons (Fsp3) is 0.818. The summed E-state index contributed by atoms with van der Waals surface area (Å²) >= 11 is 7.31. The molecule has 5 heteroatoms. The first kappa shape index (κ1) is 10.8. The van der Waals surface area contributed by atoms with Gasteiger partial charge >= 0.3 is 0 Å². The van der Waals surface area contributed by atoms with E-state index in [2.05, 4.69) is 13.6 Å². The van der Waals surface area contributed by atoms with Crippen LogP contribution in [0.15, 0.2) is 0 Å². The zero-order valence-corrected chi connectivity index (χ0v) is 10.8. The molecule has 0 spiro atoms. The van der Waals surface area contributed by atoms with Crippen LogP contribution >= 0.6 is 23.3 Å². The monoisotopic (exact) mass is 257 g/mol. The topological polar surface area (TPSA) is 29.0 Å². The van der Waals surface area contributed by atoms with Crippen LogP contribution in [0.3, 0.4) is 0 Å². The highest BCUT2D eigenvalue weighted by Crippen LogP contribution is 2.38. The summed E-state index contributed by atoms with van der Waals surface area (Å²) in [5, 5.41) is 0.592. The van der Waals surface area contributed by atoms with E-state index in [0.717, 1.165) is 18.3 Å². The lowest BCUT2D eigenvalue weighted by molar-refractivity contribution is 0.429. The average molecular weight is 258 g/mol. The molecule has 1 saturated heterocycles. The SMILES string of the molecule is Clc1nsnc1N1CCCC1C1CCCC1. The molecule has 3 nitrogen and oxygen atoms in total. The molecule has 0 radical (unpaired) electrons. The second-order valence-electron chi connectivity index (χ2n) is 4.83. The summed E-state index contributed by atoms with van der Waals surface area (Å²) in [4.78, 5) is 2.40. The van der Waals surface area contributed by atoms with E-state index in [1.807, 2.05) is 0 Å². The smallest absolute Gasteiger partial charge is 0.187 e. The summed E-state index contributed by atoms with van der Waals surface area (Å²) in [5.74, 6) is 1.79. The Morgan fingerprint density at radius 2 is 1.94 bits per heavy atom. The average Bonchev–Trinajstić information content (AvgIpc) is 2.95. The second-order valence-corrected chi connectivity index (χ2v) is 5.71. The Labute approximate surface area is 105 Å². The molecule has 0 aromatic carbocycles. The van der Waals surface area contributed by atoms with Gasteiger partial charge in [0.15, 0.2) is 11.0 Å². The van der Waals surface area contributed by atoms with Gasteiger partial charge in [-0.1, -0.05) is 24.4 Å². The molecule has 2 heterocycles. The minimum Gasteiger partial charge on any atom is -0.350 e. The minimum absolute atomic E-state index is 0.592. The maximum atomic E-state index is 6.09. The lowest BCUT2D eigenvalue weighted by Gasteiger charge is -2.29. The van der Waals surface area contributed by atoms with Crippen molar-refractivity contribution in [1.82, 2.24) is 8.75 Å². The van der Waals surface area contributed by atoms with Crippen molar-refractivity contribution in [3.63, 3.8) is 0 Å². The van der Waals surface area contributed by atoms with Gasteiger partial charge in [-0.2, -0.15) is 8.75 Å². The van der Waals surface area contributed by atoms with E-state index in [0.29, 0.717) is 11.2 Å². The van der Waals surface area contributed by atoms with Gasteiger partial charge in [-0.25, -0.2) is 0 Å². The van der Waals surface area contributed by atoms with E-state index in [-0.39, 0.29) is 0 Å². The van der Waals surface area contributed by atoms with Crippen LogP contribution in [0.25, 0.3) is 0 Å². The maximum absolute atomic E-state index is 6.09. The predicted molar refractivity (Wildman–Crippen MR) is 67.2 cm³/mol. The van der Waals surface area contributed by atoms with Crippen LogP contribution < -0.4 is 4.90 Å². The molecule has 2 aliphatic rings. The van der Waals surface area contributed by atoms with Gasteiger partial charge in [0.25, 0.3) is 0 Å². The van der Waals surface area contributed by atoms with Gasteiger partial charge in [-0.3, -0.25) is 0 Å². The number of rotatable bonds is 2. The van der Waals surface area contributed by atoms with Crippen molar-refractivity contribution in [2.24, 2.45) is 5.92 Å². The van der Waals surface area contributed by atoms with Gasteiger partial charge in [0, 0.05) is 12.6 Å². The van der Waals surface area contributed by atoms with Crippen molar-refractivity contribution >= 4 is 29.1 Å². The van der Waals surface area contributed by atoms with E-state index in [1.54, 1.807) is 0 Å². The van der Waals surface area contributed by atoms with Gasteiger partial charge in [0.1, 0.15) is 0 Å². The van der Waals surface area contributed by atoms with E-state index in [4.69, 9.17) is 11.6 Å². The molecule has 0 bridgehead atoms. The first-order valence-corrected chi connectivity index (χ1v) is 7.22. The molecule has 16 heavy (non-hydrogen) atoms. The minimum atomic E-state index is 0.592. The number of aromatic nitrogens is 2. The standard InChI is InChI=1S/C11H16ClN3S/c12-10-11(14-16-13-10)15-7-3-6-9(15)8-4-1-2-5-8/h8-9H,1-7H2. The van der Waals surface area contributed by atoms with Crippen molar-refractivity contribution in [1.29, 1.82) is 0 Å². The van der Waals surface area contributed by atoms with Crippen molar-refractivity contribution in [3.05, 3.63) is 5.15 Å². The molecular formula is C11H16ClN3S. The second kappa shape index (κ2) is 4.49. The summed E-state index contributed by atoms with van der Waals surface area (Å²) < 4.78 is 8.42. The van der Waals surface area contributed by atoms with Gasteiger partial charge < -0.3 is 4.90 Å². The number of hydrogen-bond donors (Lipinski definition) is 0. The Kier molecular flexibility index (Phi) is 3.03. The number of hydrogen-bond acceptors (Lipinski definition) is 4. The molecule has 0 amide bonds. The van der Waals surface area contributed by atoms with E-state index < -0.39 is 0 Å². The summed E-state index contributed by atoms with van der Waals surface area (Å²) in [6.45, 7) is 1.10. The molecule has 88 valence electrons. The number of halogens is 1. The lowest BCUT2D eigenvalue weighted by atomic mass is 9.96. The Balaban J connectivity index is 1.81. The van der Waals surface area contributed by atoms with Crippen LogP contribution in [-0.4, -0.2) is 21.3 Å². The van der Waals surface area contributed by atoms with E-state index in [9.17, 15) is 0 Å². The Morgan fingerprint density at radius 1 is 1.12 bits per heavy atom. The van der Waals surface area contributed by atoms with Crippen LogP contribution in [0.5, 0.6) is 0 Å². The summed E-state index contributed by atoms with van der Waals surface area (Å²) in [6.07, 6.45) is 8.15. The highest BCUT2D eigenvalue weighted by atomic mass is 35.5. The van der Waals surface area contributed by atoms with Crippen LogP contribution in [0.4, 0.5) is 5.82 Å². The fourth-order valence-corrected chi connectivity index (χ4v) is 3.99. The van der Waals surface area contributed by atoms with Gasteiger partial charge in [0.05, 0.1) is 11.7 Å².